The third-order valence-electron chi connectivity index (χ3n) is 14.4. The summed E-state index contributed by atoms with van der Waals surface area (Å²) in [7, 11) is 5.89. The van der Waals surface area contributed by atoms with Gasteiger partial charge in [-0.1, -0.05) is 290 Å². The number of carbonyl (C=O) groups is 3. The molecule has 0 bridgehead atoms. The maximum absolute atomic E-state index is 12.9. The number of aliphatic carboxylic acids is 1. The highest BCUT2D eigenvalue weighted by Crippen LogP contribution is 2.14. The van der Waals surface area contributed by atoms with Gasteiger partial charge in [-0.3, -0.25) is 9.59 Å². The Kier molecular flexibility index (Phi) is 68.0. The highest BCUT2D eigenvalue weighted by atomic mass is 16.7. The lowest BCUT2D eigenvalue weighted by Crippen LogP contribution is -2.44. The van der Waals surface area contributed by atoms with Crippen molar-refractivity contribution in [3.8, 4) is 0 Å². The van der Waals surface area contributed by atoms with Gasteiger partial charge in [0.1, 0.15) is 13.2 Å². The number of unbranched alkanes of at least 4 members (excludes halogenated alkanes) is 11. The monoisotopic (exact) mass is 1310 g/mol. The summed E-state index contributed by atoms with van der Waals surface area (Å²) in [6.07, 6.45) is 114. The zero-order chi connectivity index (χ0) is 69.0. The second-order valence-electron chi connectivity index (χ2n) is 24.4. The first-order chi connectivity index (χ1) is 46.6. The molecule has 0 saturated heterocycles. The van der Waals surface area contributed by atoms with Gasteiger partial charge in [0, 0.05) is 12.8 Å². The van der Waals surface area contributed by atoms with Crippen LogP contribution in [0.1, 0.15) is 232 Å². The zero-order valence-corrected chi connectivity index (χ0v) is 60.2. The minimum atomic E-state index is -1.65. The van der Waals surface area contributed by atoms with Crippen molar-refractivity contribution in [3.63, 3.8) is 0 Å². The van der Waals surface area contributed by atoms with Crippen molar-refractivity contribution < 1.29 is 42.9 Å². The van der Waals surface area contributed by atoms with Crippen LogP contribution in [0.4, 0.5) is 0 Å². The average molecular weight is 1310 g/mol. The third kappa shape index (κ3) is 74.6. The molecule has 0 N–H and O–H groups in total. The number of carboxylic acid groups (broad SMARTS) is 1. The van der Waals surface area contributed by atoms with Gasteiger partial charge in [0.05, 0.1) is 40.3 Å². The fraction of sp³-hybridized carbons (Fsp3) is 0.523. The minimum Gasteiger partial charge on any atom is -0.545 e. The van der Waals surface area contributed by atoms with E-state index >= 15 is 0 Å². The number of quaternary nitrogens is 1. The van der Waals surface area contributed by atoms with Crippen molar-refractivity contribution in [2.45, 2.75) is 245 Å². The minimum absolute atomic E-state index is 0.125. The van der Waals surface area contributed by atoms with E-state index in [4.69, 9.17) is 18.9 Å². The van der Waals surface area contributed by atoms with Gasteiger partial charge >= 0.3 is 11.9 Å². The lowest BCUT2D eigenvalue weighted by Gasteiger charge is -2.26. The Balaban J connectivity index is 4.30. The largest absolute Gasteiger partial charge is 0.545 e. The van der Waals surface area contributed by atoms with E-state index in [-0.39, 0.29) is 38.6 Å². The van der Waals surface area contributed by atoms with Gasteiger partial charge in [-0.2, -0.15) is 0 Å². The number of allylic oxidation sites excluding steroid dienone is 38. The molecule has 2 unspecified atom stereocenters. The molecule has 528 valence electrons. The molecule has 0 rings (SSSR count). The Hall–Kier alpha value is -6.65. The van der Waals surface area contributed by atoms with Gasteiger partial charge < -0.3 is 33.3 Å². The lowest BCUT2D eigenvalue weighted by atomic mass is 10.1. The molecule has 0 spiro atoms. The molecule has 0 aromatic rings. The zero-order valence-electron chi connectivity index (χ0n) is 60.2. The van der Waals surface area contributed by atoms with E-state index in [1.807, 2.05) is 21.1 Å². The average Bonchev–Trinajstić information content (AvgIpc) is 2.92. The number of hydrogen-bond donors (Lipinski definition) is 0. The number of hydrogen-bond acceptors (Lipinski definition) is 8. The van der Waals surface area contributed by atoms with E-state index in [1.54, 1.807) is 0 Å². The quantitative estimate of drug-likeness (QED) is 0.0195. The molecule has 0 saturated carbocycles. The molecule has 0 aromatic carbocycles. The number of ether oxygens (including phenoxy) is 4. The number of nitrogens with zero attached hydrogens (tertiary/aromatic N) is 1. The molecule has 95 heavy (non-hydrogen) atoms. The fourth-order valence-electron chi connectivity index (χ4n) is 8.91. The second-order valence-corrected chi connectivity index (χ2v) is 24.4. The summed E-state index contributed by atoms with van der Waals surface area (Å²) < 4.78 is 22.7. The van der Waals surface area contributed by atoms with Gasteiger partial charge in [-0.25, -0.2) is 0 Å². The molecule has 9 heteroatoms. The van der Waals surface area contributed by atoms with Crippen molar-refractivity contribution in [1.29, 1.82) is 0 Å². The van der Waals surface area contributed by atoms with E-state index in [1.165, 1.54) is 32.1 Å². The predicted octanol–water partition coefficient (Wildman–Crippen LogP) is 22.1. The van der Waals surface area contributed by atoms with Crippen molar-refractivity contribution in [2.75, 3.05) is 47.5 Å². The molecule has 9 nitrogen and oxygen atoms in total. The summed E-state index contributed by atoms with van der Waals surface area (Å²) in [6, 6.07) is 0. The van der Waals surface area contributed by atoms with Crippen LogP contribution in [-0.4, -0.2) is 82.3 Å². The Bertz CT molecular complexity index is 2420. The van der Waals surface area contributed by atoms with Crippen molar-refractivity contribution in [2.24, 2.45) is 0 Å². The molecule has 0 amide bonds. The summed E-state index contributed by atoms with van der Waals surface area (Å²) in [6.45, 7) is 4.43. The highest BCUT2D eigenvalue weighted by Gasteiger charge is 2.22. The normalized spacial score (nSPS) is 14.1. The number of esters is 2. The maximum atomic E-state index is 12.9. The van der Waals surface area contributed by atoms with Crippen LogP contribution in [-0.2, 0) is 33.3 Å². The van der Waals surface area contributed by atoms with E-state index in [0.29, 0.717) is 23.9 Å². The summed E-state index contributed by atoms with van der Waals surface area (Å²) in [5.41, 5.74) is 0. The summed E-state index contributed by atoms with van der Waals surface area (Å²) in [5, 5.41) is 11.8. The molecule has 0 aromatic heterocycles. The standard InChI is InChI=1S/C86H131NO8/c1-6-8-10-12-14-16-18-20-22-24-26-28-30-32-34-36-38-39-40-41-42-43-44-45-47-49-51-53-55-57-59-61-63-65-67-69-71-73-75-77-84(89)95-82(81-94-86(85(90)91)92-79-78-87(3,4)5)80-93-83(88)76-74-72-70-68-66-64-62-60-58-56-54-52-50-48-46-37-35-33-31-29-27-25-23-21-19-17-15-13-11-9-7-2/h8-11,14-17,20-23,26-29,32-35,38-39,41-42,44-46,48-49,51-52,54-55,57,61,63,67,69,82,86H,6-7,12-13,18-19,24-25,30-31,36-37,40,43,47,50,53,56,58-60,62,64-66,68,70-81H2,1-5H3/b10-8-,11-9-,16-14-,17-15-,22-20-,23-21-,28-26-,29-27-,34-32-,35-33-,39-38-,42-41-,45-44-,48-46-,51-49-,54-52-,57-55-,63-61-,69-67-. The molecule has 0 aliphatic heterocycles. The van der Waals surface area contributed by atoms with Gasteiger partial charge in [0.15, 0.2) is 12.4 Å². The second kappa shape index (κ2) is 73.2. The Morgan fingerprint density at radius 1 is 0.316 bits per heavy atom. The molecule has 2 atom stereocenters. The van der Waals surface area contributed by atoms with Crippen LogP contribution in [0, 0.1) is 0 Å². The summed E-state index contributed by atoms with van der Waals surface area (Å²) >= 11 is 0. The first-order valence-corrected chi connectivity index (χ1v) is 36.5. The van der Waals surface area contributed by atoms with Gasteiger partial charge in [0.2, 0.25) is 0 Å². The van der Waals surface area contributed by atoms with Crippen molar-refractivity contribution in [3.05, 3.63) is 231 Å². The van der Waals surface area contributed by atoms with Crippen molar-refractivity contribution >= 4 is 17.9 Å². The molecule has 0 heterocycles. The van der Waals surface area contributed by atoms with E-state index < -0.39 is 24.3 Å². The number of carboxylic acids is 1. The SMILES string of the molecule is CC/C=C\C/C=C\C/C=C\C/C=C\C/C=C\C/C=C\C/C=C\C/C=C\C/C=C\C/C=C\C/C=C\C/C=C\CCCCC(=O)OC(COC(=O)CCCCCCCCCCC/C=C\C/C=C\C/C=C\C/C=C\C/C=C\C/C=C\C/C=C\CC)COC(OCC[N+](C)(C)C)C(=O)[O-]. The molecular weight excluding hydrogens is 1170 g/mol. The van der Waals surface area contributed by atoms with Crippen LogP contribution in [0.25, 0.3) is 0 Å². The van der Waals surface area contributed by atoms with E-state index in [0.717, 1.165) is 161 Å². The van der Waals surface area contributed by atoms with E-state index in [9.17, 15) is 19.5 Å². The van der Waals surface area contributed by atoms with Crippen LogP contribution in [0.5, 0.6) is 0 Å². The third-order valence-corrected chi connectivity index (χ3v) is 14.4. The number of likely N-dealkylation sites (N-methyl/N-ethyl adjacent to an activating group) is 1. The predicted molar refractivity (Wildman–Crippen MR) is 406 cm³/mol. The van der Waals surface area contributed by atoms with E-state index in [2.05, 4.69) is 245 Å². The van der Waals surface area contributed by atoms with Crippen LogP contribution >= 0.6 is 0 Å². The summed E-state index contributed by atoms with van der Waals surface area (Å²) in [4.78, 5) is 37.5. The van der Waals surface area contributed by atoms with Crippen LogP contribution in [0.2, 0.25) is 0 Å². The molecule has 0 aliphatic rings. The van der Waals surface area contributed by atoms with Gasteiger partial charge in [0.25, 0.3) is 0 Å². The number of carbonyl (C=O) groups excluding carboxylic acids is 3. The molecular formula is C86H131NO8. The fourth-order valence-corrected chi connectivity index (χ4v) is 8.91. The lowest BCUT2D eigenvalue weighted by molar-refractivity contribution is -0.870. The topological polar surface area (TPSA) is 111 Å². The van der Waals surface area contributed by atoms with Crippen molar-refractivity contribution in [1.82, 2.24) is 0 Å². The number of rotatable bonds is 64. The molecule has 0 radical (unpaired) electrons. The Morgan fingerprint density at radius 3 is 0.863 bits per heavy atom. The molecule has 0 fully saturated rings. The highest BCUT2D eigenvalue weighted by molar-refractivity contribution is 5.70. The van der Waals surface area contributed by atoms with Crippen LogP contribution < -0.4 is 5.11 Å². The molecule has 0 aliphatic carbocycles. The summed E-state index contributed by atoms with van der Waals surface area (Å²) in [5.74, 6) is -2.38. The van der Waals surface area contributed by atoms with Crippen LogP contribution in [0.3, 0.4) is 0 Å². The van der Waals surface area contributed by atoms with Crippen LogP contribution in [0.15, 0.2) is 231 Å². The Morgan fingerprint density at radius 2 is 0.568 bits per heavy atom. The van der Waals surface area contributed by atoms with Gasteiger partial charge in [-0.05, 0) is 161 Å². The first kappa shape index (κ1) is 88.4. The maximum Gasteiger partial charge on any atom is 0.306 e. The Labute approximate surface area is 580 Å². The van der Waals surface area contributed by atoms with Gasteiger partial charge in [-0.15, -0.1) is 0 Å². The first-order valence-electron chi connectivity index (χ1n) is 36.5. The smallest absolute Gasteiger partial charge is 0.306 e.